The van der Waals surface area contributed by atoms with E-state index in [9.17, 15) is 0 Å². The SMILES string of the molecule is Cl.Cl.Cl.Cl.Nc1ccc(N)c(OCCCn2cc[n+](CCCOc3cc(N)ccc3N)c2)c1.[Cl-]. The largest absolute Gasteiger partial charge is 1.00 e. The van der Waals surface area contributed by atoms with E-state index in [4.69, 9.17) is 32.4 Å². The lowest BCUT2D eigenvalue weighted by Crippen LogP contribution is -3.00. The molecular weight excluding hydrogens is 546 g/mol. The van der Waals surface area contributed by atoms with Gasteiger partial charge in [-0.3, -0.25) is 0 Å². The normalized spacial score (nSPS) is 9.18. The van der Waals surface area contributed by atoms with Crippen LogP contribution in [-0.2, 0) is 13.1 Å². The van der Waals surface area contributed by atoms with Crippen LogP contribution in [0.1, 0.15) is 12.8 Å². The van der Waals surface area contributed by atoms with Crippen LogP contribution in [0.5, 0.6) is 11.5 Å². The minimum absolute atomic E-state index is 0. The Kier molecular flexibility index (Phi) is 19.6. The van der Waals surface area contributed by atoms with Crippen LogP contribution in [0.4, 0.5) is 22.7 Å². The first-order chi connectivity index (χ1) is 14.0. The zero-order valence-electron chi connectivity index (χ0n) is 18.5. The topological polar surface area (TPSA) is 131 Å². The van der Waals surface area contributed by atoms with Gasteiger partial charge in [0.2, 0.25) is 6.33 Å². The molecule has 2 aromatic carbocycles. The molecule has 194 valence electrons. The van der Waals surface area contributed by atoms with Crippen LogP contribution >= 0.6 is 49.6 Å². The molecule has 0 saturated carbocycles. The van der Waals surface area contributed by atoms with Crippen molar-refractivity contribution in [3.8, 4) is 11.5 Å². The lowest BCUT2D eigenvalue weighted by atomic mass is 10.2. The molecule has 0 aliphatic heterocycles. The van der Waals surface area contributed by atoms with Crippen LogP contribution in [-0.4, -0.2) is 17.8 Å². The molecule has 8 N–H and O–H groups in total. The summed E-state index contributed by atoms with van der Waals surface area (Å²) in [4.78, 5) is 0. The predicted octanol–water partition coefficient (Wildman–Crippen LogP) is 0.734. The van der Waals surface area contributed by atoms with Gasteiger partial charge in [0, 0.05) is 36.3 Å². The Morgan fingerprint density at radius 3 is 1.76 bits per heavy atom. The van der Waals surface area contributed by atoms with Crippen LogP contribution in [0.15, 0.2) is 55.1 Å². The van der Waals surface area contributed by atoms with Gasteiger partial charge in [-0.25, -0.2) is 9.13 Å². The van der Waals surface area contributed by atoms with Crippen molar-refractivity contribution in [2.45, 2.75) is 25.9 Å². The minimum atomic E-state index is 0. The van der Waals surface area contributed by atoms with Crippen LogP contribution in [0.3, 0.4) is 0 Å². The zero-order valence-corrected chi connectivity index (χ0v) is 22.5. The molecule has 0 amide bonds. The van der Waals surface area contributed by atoms with Crippen molar-refractivity contribution in [3.63, 3.8) is 0 Å². The first kappa shape index (κ1) is 36.5. The van der Waals surface area contributed by atoms with Gasteiger partial charge >= 0.3 is 0 Å². The average molecular weight is 579 g/mol. The van der Waals surface area contributed by atoms with Gasteiger partial charge in [-0.05, 0) is 24.3 Å². The number of imidazole rings is 1. The maximum atomic E-state index is 5.88. The third kappa shape index (κ3) is 11.4. The second-order valence-electron chi connectivity index (χ2n) is 6.89. The number of halogens is 5. The highest BCUT2D eigenvalue weighted by atomic mass is 35.5. The number of hydrogen-bond acceptors (Lipinski definition) is 6. The monoisotopic (exact) mass is 576 g/mol. The third-order valence-electron chi connectivity index (χ3n) is 4.46. The summed E-state index contributed by atoms with van der Waals surface area (Å²) in [5, 5.41) is 0. The summed E-state index contributed by atoms with van der Waals surface area (Å²) in [5.41, 5.74) is 25.8. The standard InChI is InChI=1S/C21H29N6O2.5ClH/c22-16-3-5-18(24)20(13-16)28-11-1-7-26-9-10-27(15-26)8-2-12-29-21-14-17(23)4-6-19(21)25;;;;;/h3-6,9-10,13-15H,1-2,7-8,11-12,22-25H2;5*1H/q+1;;;;;/p-1. The summed E-state index contributed by atoms with van der Waals surface area (Å²) in [5.74, 6) is 1.27. The fourth-order valence-corrected chi connectivity index (χ4v) is 2.91. The third-order valence-corrected chi connectivity index (χ3v) is 4.46. The van der Waals surface area contributed by atoms with E-state index in [0.717, 1.165) is 25.9 Å². The molecule has 0 radical (unpaired) electrons. The molecule has 0 aliphatic carbocycles. The highest BCUT2D eigenvalue weighted by Crippen LogP contribution is 2.24. The highest BCUT2D eigenvalue weighted by Gasteiger charge is 2.06. The molecule has 8 nitrogen and oxygen atoms in total. The van der Waals surface area contributed by atoms with Crippen LogP contribution < -0.4 is 49.4 Å². The number of aryl methyl sites for hydroxylation is 2. The number of aromatic nitrogens is 2. The van der Waals surface area contributed by atoms with Crippen LogP contribution in [0.25, 0.3) is 0 Å². The maximum Gasteiger partial charge on any atom is 0.243 e. The quantitative estimate of drug-likeness (QED) is 0.159. The van der Waals surface area contributed by atoms with Gasteiger partial charge in [0.15, 0.2) is 0 Å². The summed E-state index contributed by atoms with van der Waals surface area (Å²) in [6, 6.07) is 10.5. The van der Waals surface area contributed by atoms with Crippen molar-refractivity contribution in [3.05, 3.63) is 55.1 Å². The van der Waals surface area contributed by atoms with Gasteiger partial charge in [0.1, 0.15) is 23.9 Å². The molecule has 0 saturated heterocycles. The molecule has 3 rings (SSSR count). The number of benzene rings is 2. The smallest absolute Gasteiger partial charge is 0.243 e. The molecule has 1 heterocycles. The Labute approximate surface area is 231 Å². The molecule has 0 fully saturated rings. The Morgan fingerprint density at radius 2 is 1.24 bits per heavy atom. The molecular formula is C21H33Cl5N6O2. The van der Waals surface area contributed by atoms with Crippen molar-refractivity contribution in [1.29, 1.82) is 0 Å². The average Bonchev–Trinajstić information content (AvgIpc) is 3.15. The summed E-state index contributed by atoms with van der Waals surface area (Å²) >= 11 is 0. The second-order valence-corrected chi connectivity index (χ2v) is 6.89. The van der Waals surface area contributed by atoms with Crippen molar-refractivity contribution in [1.82, 2.24) is 4.57 Å². The van der Waals surface area contributed by atoms with Gasteiger partial charge in [-0.15, -0.1) is 49.6 Å². The number of anilines is 4. The van der Waals surface area contributed by atoms with E-state index in [0.29, 0.717) is 47.5 Å². The van der Waals surface area contributed by atoms with Crippen LogP contribution in [0.2, 0.25) is 0 Å². The summed E-state index contributed by atoms with van der Waals surface area (Å²) < 4.78 is 15.7. The fourth-order valence-electron chi connectivity index (χ4n) is 2.91. The number of rotatable bonds is 10. The zero-order chi connectivity index (χ0) is 20.6. The van der Waals surface area contributed by atoms with Crippen molar-refractivity contribution >= 4 is 72.4 Å². The summed E-state index contributed by atoms with van der Waals surface area (Å²) in [7, 11) is 0. The number of nitrogens with zero attached hydrogens (tertiary/aromatic N) is 2. The first-order valence-corrected chi connectivity index (χ1v) is 9.61. The second kappa shape index (κ2) is 18.3. The van der Waals surface area contributed by atoms with Gasteiger partial charge in [0.05, 0.1) is 37.7 Å². The van der Waals surface area contributed by atoms with E-state index < -0.39 is 0 Å². The Hall–Kier alpha value is -2.10. The Morgan fingerprint density at radius 1 is 0.735 bits per heavy atom. The van der Waals surface area contributed by atoms with Gasteiger partial charge in [0.25, 0.3) is 0 Å². The molecule has 34 heavy (non-hydrogen) atoms. The van der Waals surface area contributed by atoms with E-state index in [1.54, 1.807) is 36.4 Å². The van der Waals surface area contributed by atoms with Gasteiger partial charge in [-0.2, -0.15) is 0 Å². The molecule has 0 aliphatic rings. The summed E-state index contributed by atoms with van der Waals surface area (Å²) in [6.07, 6.45) is 7.89. The molecule has 0 bridgehead atoms. The fraction of sp³-hybridized carbons (Fsp3) is 0.286. The number of nitrogens with two attached hydrogens (primary N) is 4. The molecule has 1 aromatic heterocycles. The Balaban J connectivity index is -0.00000192. The van der Waals surface area contributed by atoms with Gasteiger partial charge < -0.3 is 44.8 Å². The number of hydrogen-bond donors (Lipinski definition) is 4. The lowest BCUT2D eigenvalue weighted by molar-refractivity contribution is -0.696. The highest BCUT2D eigenvalue weighted by molar-refractivity contribution is 5.86. The first-order valence-electron chi connectivity index (χ1n) is 9.61. The van der Waals surface area contributed by atoms with E-state index in [-0.39, 0.29) is 62.0 Å². The molecule has 3 aromatic rings. The van der Waals surface area contributed by atoms with E-state index >= 15 is 0 Å². The molecule has 0 atom stereocenters. The van der Waals surface area contributed by atoms with E-state index in [1.807, 2.05) is 12.4 Å². The van der Waals surface area contributed by atoms with E-state index in [1.165, 1.54) is 0 Å². The molecule has 0 spiro atoms. The number of ether oxygens (including phenoxy) is 2. The van der Waals surface area contributed by atoms with Crippen molar-refractivity contribution < 1.29 is 26.4 Å². The van der Waals surface area contributed by atoms with E-state index in [2.05, 4.69) is 15.5 Å². The van der Waals surface area contributed by atoms with Crippen molar-refractivity contribution in [2.75, 3.05) is 36.1 Å². The minimum Gasteiger partial charge on any atom is -1.00 e. The Bertz CT molecular complexity index is 887. The molecule has 0 unspecified atom stereocenters. The predicted molar refractivity (Wildman–Crippen MR) is 144 cm³/mol. The molecule has 13 heteroatoms. The summed E-state index contributed by atoms with van der Waals surface area (Å²) in [6.45, 7) is 2.85. The van der Waals surface area contributed by atoms with Crippen molar-refractivity contribution in [2.24, 2.45) is 0 Å². The maximum absolute atomic E-state index is 5.88. The van der Waals surface area contributed by atoms with Gasteiger partial charge in [-0.1, -0.05) is 0 Å². The number of nitrogen functional groups attached to an aromatic ring is 4. The van der Waals surface area contributed by atoms with Crippen LogP contribution in [0, 0.1) is 0 Å². The lowest BCUT2D eigenvalue weighted by Gasteiger charge is -2.09.